The van der Waals surface area contributed by atoms with Gasteiger partial charge in [-0.2, -0.15) is 4.91 Å². The first-order valence-electron chi connectivity index (χ1n) is 10.6. The van der Waals surface area contributed by atoms with Crippen LogP contribution in [0, 0.1) is 33.5 Å². The lowest BCUT2D eigenvalue weighted by Crippen LogP contribution is -2.50. The van der Waals surface area contributed by atoms with E-state index in [0.717, 1.165) is 37.0 Å². The minimum atomic E-state index is -0.0867. The van der Waals surface area contributed by atoms with Crippen molar-refractivity contribution in [1.82, 2.24) is 9.97 Å². The maximum atomic E-state index is 11.1. The van der Waals surface area contributed by atoms with Crippen LogP contribution in [0.15, 0.2) is 41.6 Å². The van der Waals surface area contributed by atoms with E-state index < -0.39 is 0 Å². The Morgan fingerprint density at radius 1 is 1.04 bits per heavy atom. The minimum Gasteiger partial charge on any atom is -0.244 e. The zero-order chi connectivity index (χ0) is 18.6. The van der Waals surface area contributed by atoms with Crippen molar-refractivity contribution in [2.75, 3.05) is 0 Å². The zero-order valence-corrected chi connectivity index (χ0v) is 16.4. The number of rotatable bonds is 2. The van der Waals surface area contributed by atoms with Crippen LogP contribution in [0.5, 0.6) is 0 Å². The molecule has 1 aromatic rings. The highest BCUT2D eigenvalue weighted by Crippen LogP contribution is 2.66. The molecule has 4 aliphatic rings. The molecule has 0 radical (unpaired) electrons. The highest BCUT2D eigenvalue weighted by molar-refractivity contribution is 5.72. The molecule has 0 amide bonds. The van der Waals surface area contributed by atoms with Crippen molar-refractivity contribution >= 4 is 5.57 Å². The number of hydrogen-bond donors (Lipinski definition) is 0. The van der Waals surface area contributed by atoms with Crippen LogP contribution in [0.25, 0.3) is 5.57 Å². The Kier molecular flexibility index (Phi) is 3.89. The number of nitrogens with zero attached hydrogens (tertiary/aromatic N) is 3. The van der Waals surface area contributed by atoms with Gasteiger partial charge in [-0.25, -0.2) is 9.97 Å². The van der Waals surface area contributed by atoms with Gasteiger partial charge in [0.1, 0.15) is 12.4 Å². The van der Waals surface area contributed by atoms with Gasteiger partial charge >= 0.3 is 0 Å². The van der Waals surface area contributed by atoms with Crippen LogP contribution in [0.1, 0.15) is 64.4 Å². The molecule has 5 rings (SSSR count). The molecule has 4 heteroatoms. The number of hydrogen-bond acceptors (Lipinski definition) is 4. The fraction of sp³-hybridized carbons (Fsp3) is 0.652. The molecule has 27 heavy (non-hydrogen) atoms. The molecular formula is C23H29N3O. The summed E-state index contributed by atoms with van der Waals surface area (Å²) in [6.07, 6.45) is 18.5. The molecule has 2 fully saturated rings. The van der Waals surface area contributed by atoms with Gasteiger partial charge < -0.3 is 0 Å². The van der Waals surface area contributed by atoms with Crippen molar-refractivity contribution in [2.24, 2.45) is 33.8 Å². The van der Waals surface area contributed by atoms with E-state index in [-0.39, 0.29) is 16.9 Å². The van der Waals surface area contributed by atoms with Gasteiger partial charge in [-0.15, -0.1) is 0 Å². The summed E-state index contributed by atoms with van der Waals surface area (Å²) in [6, 6.07) is -0.0867. The van der Waals surface area contributed by atoms with E-state index in [1.807, 2.05) is 12.4 Å². The molecule has 6 atom stereocenters. The van der Waals surface area contributed by atoms with Crippen LogP contribution in [0.3, 0.4) is 0 Å². The highest BCUT2D eigenvalue weighted by Gasteiger charge is 2.57. The lowest BCUT2D eigenvalue weighted by molar-refractivity contribution is -0.0226. The van der Waals surface area contributed by atoms with Crippen molar-refractivity contribution < 1.29 is 0 Å². The molecule has 0 aliphatic heterocycles. The van der Waals surface area contributed by atoms with E-state index in [4.69, 9.17) is 0 Å². The standard InChI is InChI=1S/C23H29N3O/c1-22-9-7-17(26-27)11-16(22)3-4-18-20-6-5-19(15-12-24-14-25-13-15)23(20,2)10-8-21(18)22/h5,11-14,17-18,20-21H,3-4,6-10H2,1-2H3. The van der Waals surface area contributed by atoms with Crippen LogP contribution in [0.4, 0.5) is 0 Å². The minimum absolute atomic E-state index is 0.0867. The summed E-state index contributed by atoms with van der Waals surface area (Å²) in [7, 11) is 0. The first-order chi connectivity index (χ1) is 13.1. The van der Waals surface area contributed by atoms with Gasteiger partial charge in [0, 0.05) is 18.0 Å². The van der Waals surface area contributed by atoms with E-state index in [9.17, 15) is 4.91 Å². The molecule has 0 bridgehead atoms. The quantitative estimate of drug-likeness (QED) is 0.510. The maximum Gasteiger partial charge on any atom is 0.115 e. The molecular weight excluding hydrogens is 334 g/mol. The lowest BCUT2D eigenvalue weighted by atomic mass is 9.46. The molecule has 0 aromatic carbocycles. The van der Waals surface area contributed by atoms with Crippen LogP contribution >= 0.6 is 0 Å². The van der Waals surface area contributed by atoms with Crippen molar-refractivity contribution in [1.29, 1.82) is 0 Å². The van der Waals surface area contributed by atoms with Crippen LogP contribution < -0.4 is 0 Å². The topological polar surface area (TPSA) is 55.2 Å². The summed E-state index contributed by atoms with van der Waals surface area (Å²) in [4.78, 5) is 19.6. The molecule has 1 heterocycles. The van der Waals surface area contributed by atoms with Gasteiger partial charge in [-0.3, -0.25) is 0 Å². The van der Waals surface area contributed by atoms with Crippen LogP contribution in [-0.2, 0) is 0 Å². The Balaban J connectivity index is 1.46. The predicted molar refractivity (Wildman–Crippen MR) is 107 cm³/mol. The van der Waals surface area contributed by atoms with Crippen LogP contribution in [-0.4, -0.2) is 16.0 Å². The van der Waals surface area contributed by atoms with Gasteiger partial charge in [0.15, 0.2) is 0 Å². The fourth-order valence-electron chi connectivity index (χ4n) is 7.25. The third kappa shape index (κ3) is 2.41. The molecule has 2 saturated carbocycles. The van der Waals surface area contributed by atoms with E-state index in [1.54, 1.807) is 6.33 Å². The Bertz CT molecular complexity index is 816. The molecule has 0 N–H and O–H groups in total. The van der Waals surface area contributed by atoms with Crippen molar-refractivity contribution in [2.45, 2.75) is 64.8 Å². The van der Waals surface area contributed by atoms with E-state index in [0.29, 0.717) is 0 Å². The number of fused-ring (bicyclic) bond motifs is 5. The molecule has 1 aromatic heterocycles. The molecule has 0 saturated heterocycles. The summed E-state index contributed by atoms with van der Waals surface area (Å²) >= 11 is 0. The lowest BCUT2D eigenvalue weighted by Gasteiger charge is -2.58. The zero-order valence-electron chi connectivity index (χ0n) is 16.4. The first kappa shape index (κ1) is 17.3. The van der Waals surface area contributed by atoms with Gasteiger partial charge in [0.05, 0.1) is 0 Å². The average molecular weight is 364 g/mol. The summed E-state index contributed by atoms with van der Waals surface area (Å²) < 4.78 is 0. The van der Waals surface area contributed by atoms with Crippen molar-refractivity contribution in [3.05, 3.63) is 46.9 Å². The Morgan fingerprint density at radius 3 is 2.59 bits per heavy atom. The third-order valence-electron chi connectivity index (χ3n) is 8.68. The second-order valence-electron chi connectivity index (χ2n) is 9.67. The van der Waals surface area contributed by atoms with Gasteiger partial charge in [-0.05, 0) is 79.1 Å². The maximum absolute atomic E-state index is 11.1. The Hall–Kier alpha value is -1.84. The predicted octanol–water partition coefficient (Wildman–Crippen LogP) is 5.57. The molecule has 4 aliphatic carbocycles. The largest absolute Gasteiger partial charge is 0.244 e. The number of nitroso groups, excluding NO2 is 1. The number of aromatic nitrogens is 2. The Morgan fingerprint density at radius 2 is 1.81 bits per heavy atom. The Labute approximate surface area is 161 Å². The molecule has 4 nitrogen and oxygen atoms in total. The van der Waals surface area contributed by atoms with Gasteiger partial charge in [-0.1, -0.05) is 36.7 Å². The molecule has 142 valence electrons. The SMILES string of the molecule is CC12CCC(N=O)C=C1CCC1C2CCC2(C)C(c3cncnc3)=CCC12. The number of allylic oxidation sites excluding steroid dienone is 3. The van der Waals surface area contributed by atoms with Gasteiger partial charge in [0.25, 0.3) is 0 Å². The highest BCUT2D eigenvalue weighted by atomic mass is 16.3. The van der Waals surface area contributed by atoms with E-state index in [2.05, 4.69) is 41.1 Å². The van der Waals surface area contributed by atoms with E-state index in [1.165, 1.54) is 42.4 Å². The second kappa shape index (κ2) is 6.08. The first-order valence-corrected chi connectivity index (χ1v) is 10.6. The van der Waals surface area contributed by atoms with Crippen molar-refractivity contribution in [3.63, 3.8) is 0 Å². The third-order valence-corrected chi connectivity index (χ3v) is 8.68. The normalized spacial score (nSPS) is 43.0. The van der Waals surface area contributed by atoms with E-state index >= 15 is 0 Å². The average Bonchev–Trinajstić information content (AvgIpc) is 3.05. The summed E-state index contributed by atoms with van der Waals surface area (Å²) in [5.41, 5.74) is 4.76. The summed E-state index contributed by atoms with van der Waals surface area (Å²) in [5.74, 6) is 2.26. The van der Waals surface area contributed by atoms with Gasteiger partial charge in [0.2, 0.25) is 0 Å². The second-order valence-corrected chi connectivity index (χ2v) is 9.67. The van der Waals surface area contributed by atoms with Crippen molar-refractivity contribution in [3.8, 4) is 0 Å². The van der Waals surface area contributed by atoms with Crippen LogP contribution in [0.2, 0.25) is 0 Å². The molecule has 6 unspecified atom stereocenters. The fourth-order valence-corrected chi connectivity index (χ4v) is 7.25. The summed E-state index contributed by atoms with van der Waals surface area (Å²) in [6.45, 7) is 4.97. The monoisotopic (exact) mass is 363 g/mol. The smallest absolute Gasteiger partial charge is 0.115 e. The molecule has 0 spiro atoms. The summed E-state index contributed by atoms with van der Waals surface area (Å²) in [5, 5.41) is 3.33.